The van der Waals surface area contributed by atoms with Gasteiger partial charge >= 0.3 is 11.9 Å². The van der Waals surface area contributed by atoms with Crippen molar-refractivity contribution in [1.82, 2.24) is 4.90 Å². The Morgan fingerprint density at radius 1 is 1.15 bits per heavy atom. The summed E-state index contributed by atoms with van der Waals surface area (Å²) in [6, 6.07) is 5.83. The van der Waals surface area contributed by atoms with E-state index >= 15 is 0 Å². The van der Waals surface area contributed by atoms with Gasteiger partial charge in [0.2, 0.25) is 11.8 Å². The van der Waals surface area contributed by atoms with Gasteiger partial charge in [0.15, 0.2) is 0 Å². The number of carbonyl (C=O) groups is 4. The first kappa shape index (κ1) is 22.0. The second kappa shape index (κ2) is 10.9. The molecule has 1 aromatic carbocycles. The summed E-state index contributed by atoms with van der Waals surface area (Å²) in [6.07, 6.45) is 1.85. The fraction of sp³-hybridized carbons (Fsp3) is 0.412. The Bertz CT molecular complexity index is 677. The maximum atomic E-state index is 13.0. The highest BCUT2D eigenvalue weighted by Crippen LogP contribution is 2.17. The predicted molar refractivity (Wildman–Crippen MR) is 93.3 cm³/mol. The summed E-state index contributed by atoms with van der Waals surface area (Å²) in [5, 5.41) is 17.5. The van der Waals surface area contributed by atoms with E-state index in [9.17, 15) is 14.0 Å². The summed E-state index contributed by atoms with van der Waals surface area (Å²) in [5.41, 5.74) is 5.75. The van der Waals surface area contributed by atoms with Crippen molar-refractivity contribution < 1.29 is 33.8 Å². The van der Waals surface area contributed by atoms with Crippen LogP contribution in [0, 0.1) is 11.7 Å². The van der Waals surface area contributed by atoms with Crippen LogP contribution in [0.5, 0.6) is 0 Å². The van der Waals surface area contributed by atoms with E-state index < -0.39 is 11.9 Å². The number of carbonyl (C=O) groups excluding carboxylic acids is 2. The highest BCUT2D eigenvalue weighted by molar-refractivity contribution is 6.27. The third-order valence-electron chi connectivity index (χ3n) is 3.94. The molecule has 0 bridgehead atoms. The summed E-state index contributed by atoms with van der Waals surface area (Å²) in [6.45, 7) is 2.19. The minimum atomic E-state index is -1.82. The predicted octanol–water partition coefficient (Wildman–Crippen LogP) is 0.507. The molecule has 148 valence electrons. The van der Waals surface area contributed by atoms with Crippen LogP contribution in [-0.2, 0) is 19.2 Å². The second-order valence-electron chi connectivity index (χ2n) is 5.94. The first-order valence-corrected chi connectivity index (χ1v) is 8.22. The van der Waals surface area contributed by atoms with Gasteiger partial charge in [-0.2, -0.15) is 0 Å². The minimum Gasteiger partial charge on any atom is -0.473 e. The van der Waals surface area contributed by atoms with Crippen LogP contribution >= 0.6 is 0 Å². The van der Waals surface area contributed by atoms with Gasteiger partial charge in [0.25, 0.3) is 0 Å². The number of nitrogens with zero attached hydrogens (tertiary/aromatic N) is 1. The first-order chi connectivity index (χ1) is 12.7. The van der Waals surface area contributed by atoms with Gasteiger partial charge in [0.1, 0.15) is 5.82 Å². The highest BCUT2D eigenvalue weighted by atomic mass is 19.1. The van der Waals surface area contributed by atoms with E-state index in [0.29, 0.717) is 18.7 Å². The molecule has 1 heterocycles. The van der Waals surface area contributed by atoms with Crippen LogP contribution in [0.1, 0.15) is 19.3 Å². The molecule has 0 aliphatic carbocycles. The minimum absolute atomic E-state index is 0.0395. The zero-order valence-corrected chi connectivity index (χ0v) is 14.6. The molecule has 2 amide bonds. The van der Waals surface area contributed by atoms with Gasteiger partial charge in [0, 0.05) is 24.6 Å². The number of carboxylic acid groups (broad SMARTS) is 2. The monoisotopic (exact) mass is 383 g/mol. The summed E-state index contributed by atoms with van der Waals surface area (Å²) < 4.78 is 13.0. The lowest BCUT2D eigenvalue weighted by Gasteiger charge is -2.30. The Kier molecular flexibility index (Phi) is 8.86. The van der Waals surface area contributed by atoms with E-state index in [4.69, 9.17) is 25.5 Å². The van der Waals surface area contributed by atoms with Crippen molar-refractivity contribution in [2.75, 3.05) is 25.0 Å². The number of primary amides is 1. The summed E-state index contributed by atoms with van der Waals surface area (Å²) in [5.74, 6) is -4.44. The molecule has 1 saturated heterocycles. The van der Waals surface area contributed by atoms with Crippen LogP contribution in [0.3, 0.4) is 0 Å². The third kappa shape index (κ3) is 8.77. The molecule has 1 aliphatic rings. The van der Waals surface area contributed by atoms with Gasteiger partial charge < -0.3 is 26.2 Å². The number of nitrogens with one attached hydrogen (secondary N) is 1. The molecule has 5 N–H and O–H groups in total. The van der Waals surface area contributed by atoms with Gasteiger partial charge in [-0.25, -0.2) is 14.0 Å². The number of piperidine rings is 1. The average Bonchev–Trinajstić information content (AvgIpc) is 2.61. The Labute approximate surface area is 154 Å². The Balaban J connectivity index is 0.000000527. The number of halogens is 1. The van der Waals surface area contributed by atoms with Gasteiger partial charge in [-0.3, -0.25) is 9.59 Å². The van der Waals surface area contributed by atoms with Crippen LogP contribution in [-0.4, -0.2) is 58.5 Å². The molecule has 0 aromatic heterocycles. The van der Waals surface area contributed by atoms with E-state index in [-0.39, 0.29) is 23.5 Å². The van der Waals surface area contributed by atoms with Crippen molar-refractivity contribution >= 4 is 29.4 Å². The molecule has 0 radical (unpaired) electrons. The van der Waals surface area contributed by atoms with Crippen molar-refractivity contribution in [2.24, 2.45) is 11.7 Å². The normalized spacial score (nSPS) is 14.6. The van der Waals surface area contributed by atoms with E-state index in [1.54, 1.807) is 12.1 Å². The van der Waals surface area contributed by atoms with Gasteiger partial charge in [0.05, 0.1) is 0 Å². The first-order valence-electron chi connectivity index (χ1n) is 8.22. The zero-order valence-electron chi connectivity index (χ0n) is 14.6. The van der Waals surface area contributed by atoms with E-state index in [1.807, 2.05) is 0 Å². The number of amides is 2. The van der Waals surface area contributed by atoms with Gasteiger partial charge in [-0.05, 0) is 44.1 Å². The Morgan fingerprint density at radius 3 is 2.22 bits per heavy atom. The molecule has 1 fully saturated rings. The maximum Gasteiger partial charge on any atom is 0.414 e. The fourth-order valence-corrected chi connectivity index (χ4v) is 2.49. The van der Waals surface area contributed by atoms with Crippen molar-refractivity contribution in [3.63, 3.8) is 0 Å². The largest absolute Gasteiger partial charge is 0.473 e. The molecule has 0 unspecified atom stereocenters. The molecule has 27 heavy (non-hydrogen) atoms. The number of nitrogens with two attached hydrogens (primary N) is 1. The summed E-state index contributed by atoms with van der Waals surface area (Å²) >= 11 is 0. The number of hydrogen-bond acceptors (Lipinski definition) is 5. The highest BCUT2D eigenvalue weighted by Gasteiger charge is 2.23. The molecule has 10 heteroatoms. The lowest BCUT2D eigenvalue weighted by Crippen LogP contribution is -2.39. The number of anilines is 1. The van der Waals surface area contributed by atoms with Crippen LogP contribution in [0.15, 0.2) is 24.3 Å². The standard InChI is InChI=1S/C15H20FN3O2.C2H2O4/c16-12-2-1-3-13(10-12)18-14(20)6-9-19-7-4-11(5-8-19)15(17)21;3-1(4)2(5)6/h1-3,10-11H,4-9H2,(H2,17,21)(H,18,20);(H,3,4)(H,5,6). The van der Waals surface area contributed by atoms with Crippen molar-refractivity contribution in [3.8, 4) is 0 Å². The lowest BCUT2D eigenvalue weighted by atomic mass is 9.96. The van der Waals surface area contributed by atoms with Crippen LogP contribution in [0.4, 0.5) is 10.1 Å². The quantitative estimate of drug-likeness (QED) is 0.541. The van der Waals surface area contributed by atoms with Crippen molar-refractivity contribution in [1.29, 1.82) is 0 Å². The van der Waals surface area contributed by atoms with Crippen molar-refractivity contribution in [3.05, 3.63) is 30.1 Å². The number of rotatable bonds is 5. The van der Waals surface area contributed by atoms with Gasteiger partial charge in [-0.15, -0.1) is 0 Å². The fourth-order valence-electron chi connectivity index (χ4n) is 2.49. The number of carboxylic acids is 2. The lowest BCUT2D eigenvalue weighted by molar-refractivity contribution is -0.159. The molecule has 0 saturated carbocycles. The molecule has 0 atom stereocenters. The average molecular weight is 383 g/mol. The van der Waals surface area contributed by atoms with Crippen LogP contribution in [0.2, 0.25) is 0 Å². The maximum absolute atomic E-state index is 13.0. The molecular weight excluding hydrogens is 361 g/mol. The number of likely N-dealkylation sites (tertiary alicyclic amines) is 1. The van der Waals surface area contributed by atoms with E-state index in [0.717, 1.165) is 25.9 Å². The molecule has 2 rings (SSSR count). The molecular formula is C17H22FN3O6. The molecule has 0 spiro atoms. The summed E-state index contributed by atoms with van der Waals surface area (Å²) in [7, 11) is 0. The third-order valence-corrected chi connectivity index (χ3v) is 3.94. The van der Waals surface area contributed by atoms with Crippen molar-refractivity contribution in [2.45, 2.75) is 19.3 Å². The van der Waals surface area contributed by atoms with Gasteiger partial charge in [-0.1, -0.05) is 6.07 Å². The smallest absolute Gasteiger partial charge is 0.414 e. The number of hydrogen-bond donors (Lipinski definition) is 4. The second-order valence-corrected chi connectivity index (χ2v) is 5.94. The number of aliphatic carboxylic acids is 2. The number of benzene rings is 1. The molecule has 1 aliphatic heterocycles. The Morgan fingerprint density at radius 2 is 1.74 bits per heavy atom. The SMILES string of the molecule is NC(=O)C1CCN(CCC(=O)Nc2cccc(F)c2)CC1.O=C(O)C(=O)O. The summed E-state index contributed by atoms with van der Waals surface area (Å²) in [4.78, 5) is 43.2. The van der Waals surface area contributed by atoms with E-state index in [2.05, 4.69) is 10.2 Å². The van der Waals surface area contributed by atoms with Crippen LogP contribution in [0.25, 0.3) is 0 Å². The molecule has 1 aromatic rings. The van der Waals surface area contributed by atoms with Crippen LogP contribution < -0.4 is 11.1 Å². The molecule has 9 nitrogen and oxygen atoms in total. The zero-order chi connectivity index (χ0) is 20.4. The van der Waals surface area contributed by atoms with E-state index in [1.165, 1.54) is 12.1 Å². The topological polar surface area (TPSA) is 150 Å². The Hall–Kier alpha value is -3.01.